The molecule has 0 spiro atoms. The molecular formula is C14H16ClF3N2O2. The molecule has 0 bridgehead atoms. The summed E-state index contributed by atoms with van der Waals surface area (Å²) in [5.74, 6) is -0.371. The molecule has 122 valence electrons. The highest BCUT2D eigenvalue weighted by Gasteiger charge is 2.33. The molecule has 8 heteroatoms. The van der Waals surface area contributed by atoms with Crippen molar-refractivity contribution in [2.75, 3.05) is 25.1 Å². The van der Waals surface area contributed by atoms with Crippen LogP contribution in [0.15, 0.2) is 18.2 Å². The number of carbonyl (C=O) groups excluding carboxylic acids is 1. The number of hydrogen-bond donors (Lipinski definition) is 1. The van der Waals surface area contributed by atoms with Crippen LogP contribution in [-0.4, -0.2) is 38.3 Å². The molecule has 1 aliphatic rings. The van der Waals surface area contributed by atoms with Gasteiger partial charge in [-0.05, 0) is 24.6 Å². The summed E-state index contributed by atoms with van der Waals surface area (Å²) in [6, 6.07) is 4.84. The first-order chi connectivity index (χ1) is 10.3. The highest BCUT2D eigenvalue weighted by molar-refractivity contribution is 6.30. The lowest BCUT2D eigenvalue weighted by Gasteiger charge is -2.22. The van der Waals surface area contributed by atoms with Crippen molar-refractivity contribution in [3.05, 3.63) is 23.2 Å². The van der Waals surface area contributed by atoms with Gasteiger partial charge in [0.25, 0.3) is 0 Å². The van der Waals surface area contributed by atoms with Crippen molar-refractivity contribution < 1.29 is 22.7 Å². The Morgan fingerprint density at radius 3 is 2.86 bits per heavy atom. The van der Waals surface area contributed by atoms with Crippen molar-refractivity contribution in [3.8, 4) is 5.75 Å². The van der Waals surface area contributed by atoms with E-state index in [1.807, 2.05) is 4.90 Å². The van der Waals surface area contributed by atoms with E-state index < -0.39 is 18.5 Å². The molecule has 1 aromatic rings. The average molecular weight is 337 g/mol. The number of halogens is 4. The van der Waals surface area contributed by atoms with Crippen molar-refractivity contribution in [1.82, 2.24) is 5.32 Å². The van der Waals surface area contributed by atoms with Gasteiger partial charge >= 0.3 is 6.18 Å². The highest BCUT2D eigenvalue weighted by atomic mass is 35.5. The van der Waals surface area contributed by atoms with Gasteiger partial charge in [-0.25, -0.2) is 0 Å². The molecule has 0 aliphatic carbocycles. The average Bonchev–Trinajstić information content (AvgIpc) is 2.84. The first-order valence-corrected chi connectivity index (χ1v) is 7.11. The molecule has 1 heterocycles. The van der Waals surface area contributed by atoms with Crippen LogP contribution >= 0.6 is 11.6 Å². The maximum atomic E-state index is 12.2. The van der Waals surface area contributed by atoms with Crippen molar-refractivity contribution in [2.45, 2.75) is 25.1 Å². The fourth-order valence-corrected chi connectivity index (χ4v) is 2.63. The summed E-state index contributed by atoms with van der Waals surface area (Å²) in [5, 5.41) is 2.95. The number of carbonyl (C=O) groups is 1. The van der Waals surface area contributed by atoms with Gasteiger partial charge in [-0.15, -0.1) is 0 Å². The van der Waals surface area contributed by atoms with Crippen molar-refractivity contribution in [2.24, 2.45) is 0 Å². The van der Waals surface area contributed by atoms with Gasteiger partial charge in [-0.2, -0.15) is 13.2 Å². The molecule has 0 saturated carbocycles. The molecule has 4 nitrogen and oxygen atoms in total. The number of anilines is 1. The summed E-state index contributed by atoms with van der Waals surface area (Å²) in [4.78, 5) is 13.3. The Bertz CT molecular complexity index is 551. The number of amides is 1. The number of alkyl halides is 3. The van der Waals surface area contributed by atoms with E-state index in [9.17, 15) is 18.0 Å². The third-order valence-electron chi connectivity index (χ3n) is 3.40. The van der Waals surface area contributed by atoms with Crippen LogP contribution in [-0.2, 0) is 4.79 Å². The third kappa shape index (κ3) is 4.43. The maximum absolute atomic E-state index is 12.2. The summed E-state index contributed by atoms with van der Waals surface area (Å²) in [5.41, 5.74) is 0.766. The monoisotopic (exact) mass is 336 g/mol. The number of nitrogens with zero attached hydrogens (tertiary/aromatic N) is 1. The molecule has 1 N–H and O–H groups in total. The van der Waals surface area contributed by atoms with Crippen LogP contribution in [0.4, 0.5) is 18.9 Å². The smallest absolute Gasteiger partial charge is 0.397 e. The largest absolute Gasteiger partial charge is 0.495 e. The molecule has 2 rings (SSSR count). The molecule has 22 heavy (non-hydrogen) atoms. The van der Waals surface area contributed by atoms with E-state index in [0.717, 1.165) is 5.69 Å². The van der Waals surface area contributed by atoms with E-state index >= 15 is 0 Å². The molecule has 1 aromatic carbocycles. The Balaban J connectivity index is 1.98. The fraction of sp³-hybridized carbons (Fsp3) is 0.500. The second kappa shape index (κ2) is 6.64. The Hall–Kier alpha value is -1.63. The fourth-order valence-electron chi connectivity index (χ4n) is 2.47. The Morgan fingerprint density at radius 1 is 1.50 bits per heavy atom. The number of rotatable bonds is 4. The van der Waals surface area contributed by atoms with Gasteiger partial charge < -0.3 is 15.0 Å². The highest BCUT2D eigenvalue weighted by Crippen LogP contribution is 2.33. The Labute approximate surface area is 131 Å². The van der Waals surface area contributed by atoms with Crippen LogP contribution in [0.5, 0.6) is 5.75 Å². The van der Waals surface area contributed by atoms with Crippen LogP contribution in [0, 0.1) is 0 Å². The summed E-state index contributed by atoms with van der Waals surface area (Å²) < 4.78 is 41.7. The lowest BCUT2D eigenvalue weighted by atomic mass is 10.2. The van der Waals surface area contributed by atoms with Gasteiger partial charge in [0.1, 0.15) is 12.2 Å². The Morgan fingerprint density at radius 2 is 2.23 bits per heavy atom. The number of benzene rings is 1. The molecule has 1 atom stereocenters. The molecule has 0 unspecified atom stereocenters. The quantitative estimate of drug-likeness (QED) is 0.919. The van der Waals surface area contributed by atoms with E-state index in [1.54, 1.807) is 18.2 Å². The molecule has 1 amide bonds. The second-order valence-electron chi connectivity index (χ2n) is 5.11. The minimum Gasteiger partial charge on any atom is -0.495 e. The normalized spacial score (nSPS) is 18.4. The van der Waals surface area contributed by atoms with Crippen LogP contribution in [0.2, 0.25) is 5.02 Å². The van der Waals surface area contributed by atoms with E-state index in [0.29, 0.717) is 30.3 Å². The predicted molar refractivity (Wildman–Crippen MR) is 77.4 cm³/mol. The van der Waals surface area contributed by atoms with Crippen molar-refractivity contribution in [1.29, 1.82) is 0 Å². The van der Waals surface area contributed by atoms with E-state index in [-0.39, 0.29) is 6.04 Å². The molecule has 1 aliphatic heterocycles. The van der Waals surface area contributed by atoms with Gasteiger partial charge in [-0.1, -0.05) is 11.6 Å². The first-order valence-electron chi connectivity index (χ1n) is 6.73. The van der Waals surface area contributed by atoms with E-state index in [1.165, 1.54) is 7.11 Å². The summed E-state index contributed by atoms with van der Waals surface area (Å²) in [6.45, 7) is 1.02. The van der Waals surface area contributed by atoms with Crippen LogP contribution in [0.1, 0.15) is 12.8 Å². The van der Waals surface area contributed by atoms with Crippen LogP contribution < -0.4 is 15.0 Å². The summed E-state index contributed by atoms with van der Waals surface area (Å²) in [7, 11) is 1.53. The molecule has 0 radical (unpaired) electrons. The second-order valence-corrected chi connectivity index (χ2v) is 5.54. The summed E-state index contributed by atoms with van der Waals surface area (Å²) >= 11 is 5.97. The van der Waals surface area contributed by atoms with E-state index in [4.69, 9.17) is 16.3 Å². The number of nitrogens with one attached hydrogen (secondary N) is 1. The molecule has 1 saturated heterocycles. The lowest BCUT2D eigenvalue weighted by Crippen LogP contribution is -2.39. The zero-order chi connectivity index (χ0) is 16.3. The zero-order valence-corrected chi connectivity index (χ0v) is 12.7. The maximum Gasteiger partial charge on any atom is 0.397 e. The minimum absolute atomic E-state index is 0.321. The first kappa shape index (κ1) is 16.7. The zero-order valence-electron chi connectivity index (χ0n) is 11.9. The molecular weight excluding hydrogens is 321 g/mol. The van der Waals surface area contributed by atoms with Crippen molar-refractivity contribution >= 4 is 23.2 Å². The number of methoxy groups -OCH3 is 1. The standard InChI is InChI=1S/C14H16ClF3N2O2/c1-22-12-3-2-9(15)6-11(12)20-5-4-10(8-20)19-13(21)7-14(16,17)18/h2-3,6,10H,4-5,7-8H2,1H3,(H,19,21)/t10-/m1/s1. The predicted octanol–water partition coefficient (Wildman–Crippen LogP) is 3.00. The van der Waals surface area contributed by atoms with Gasteiger partial charge in [0.05, 0.1) is 12.8 Å². The van der Waals surface area contributed by atoms with E-state index in [2.05, 4.69) is 5.32 Å². The molecule has 1 fully saturated rings. The lowest BCUT2D eigenvalue weighted by molar-refractivity contribution is -0.154. The summed E-state index contributed by atoms with van der Waals surface area (Å²) in [6.07, 6.45) is -5.37. The van der Waals surface area contributed by atoms with Gasteiger partial charge in [0, 0.05) is 24.2 Å². The van der Waals surface area contributed by atoms with Gasteiger partial charge in [-0.3, -0.25) is 4.79 Å². The number of hydrogen-bond acceptors (Lipinski definition) is 3. The van der Waals surface area contributed by atoms with Crippen LogP contribution in [0.3, 0.4) is 0 Å². The Kier molecular flexibility index (Phi) is 5.05. The van der Waals surface area contributed by atoms with Crippen molar-refractivity contribution in [3.63, 3.8) is 0 Å². The van der Waals surface area contributed by atoms with Gasteiger partial charge in [0.2, 0.25) is 5.91 Å². The van der Waals surface area contributed by atoms with Gasteiger partial charge in [0.15, 0.2) is 0 Å². The molecule has 0 aromatic heterocycles. The topological polar surface area (TPSA) is 41.6 Å². The van der Waals surface area contributed by atoms with Crippen LogP contribution in [0.25, 0.3) is 0 Å². The third-order valence-corrected chi connectivity index (χ3v) is 3.63. The minimum atomic E-state index is -4.49. The number of ether oxygens (including phenoxy) is 1. The SMILES string of the molecule is COc1ccc(Cl)cc1N1CC[C@@H](NC(=O)CC(F)(F)F)C1.